The first kappa shape index (κ1) is 30.5. The van der Waals surface area contributed by atoms with Crippen molar-refractivity contribution in [3.05, 3.63) is 75.2 Å². The maximum Gasteiger partial charge on any atom is 0.416 e. The number of aromatic nitrogens is 3. The summed E-state index contributed by atoms with van der Waals surface area (Å²) < 4.78 is 80.8. The fourth-order valence-electron chi connectivity index (χ4n) is 3.67. The zero-order valence-electron chi connectivity index (χ0n) is 20.1. The Morgan fingerprint density at radius 1 is 1.05 bits per heavy atom. The molecule has 0 radical (unpaired) electrons. The fraction of sp³-hybridized carbons (Fsp3) is 0.304. The largest absolute Gasteiger partial charge is 0.416 e. The molecule has 1 heterocycles. The molecular formula is C23H21ClF6N6O4. The number of nitrogens with zero attached hydrogens (tertiary/aromatic N) is 3. The monoisotopic (exact) mass is 594 g/mol. The van der Waals surface area contributed by atoms with Gasteiger partial charge in [0.25, 0.3) is 0 Å². The van der Waals surface area contributed by atoms with E-state index in [1.165, 1.54) is 30.3 Å². The van der Waals surface area contributed by atoms with Crippen molar-refractivity contribution < 1.29 is 41.0 Å². The Morgan fingerprint density at radius 2 is 1.68 bits per heavy atom. The normalized spacial score (nSPS) is 13.5. The summed E-state index contributed by atoms with van der Waals surface area (Å²) in [5.41, 5.74) is 2.39. The lowest BCUT2D eigenvalue weighted by atomic mass is 9.99. The van der Waals surface area contributed by atoms with Crippen LogP contribution in [0.25, 0.3) is 11.4 Å². The Bertz CT molecular complexity index is 1420. The number of hydrogen-bond donors (Lipinski definition) is 4. The van der Waals surface area contributed by atoms with Crippen LogP contribution in [0.2, 0.25) is 5.02 Å². The van der Waals surface area contributed by atoms with Crippen molar-refractivity contribution in [1.29, 1.82) is 0 Å². The van der Waals surface area contributed by atoms with E-state index in [1.54, 1.807) is 0 Å². The molecule has 3 rings (SSSR count). The molecule has 0 aliphatic rings. The number of aliphatic hydroxyl groups is 1. The van der Waals surface area contributed by atoms with Crippen molar-refractivity contribution in [1.82, 2.24) is 25.0 Å². The Labute approximate surface area is 226 Å². The van der Waals surface area contributed by atoms with Crippen molar-refractivity contribution in [2.24, 2.45) is 5.73 Å². The molecule has 216 valence electrons. The van der Waals surface area contributed by atoms with E-state index < -0.39 is 72.9 Å². The molecule has 40 heavy (non-hydrogen) atoms. The van der Waals surface area contributed by atoms with Crippen LogP contribution in [-0.4, -0.2) is 50.2 Å². The molecule has 0 bridgehead atoms. The van der Waals surface area contributed by atoms with E-state index in [-0.39, 0.29) is 16.4 Å². The maximum absolute atomic E-state index is 13.6. The van der Waals surface area contributed by atoms with Crippen LogP contribution in [0.5, 0.6) is 0 Å². The highest BCUT2D eigenvalue weighted by Crippen LogP contribution is 2.34. The van der Waals surface area contributed by atoms with E-state index in [2.05, 4.69) is 15.7 Å². The number of primary amides is 1. The number of benzene rings is 2. The molecule has 1 aromatic heterocycles. The minimum atomic E-state index is -5.08. The third kappa shape index (κ3) is 7.53. The van der Waals surface area contributed by atoms with Gasteiger partial charge in [-0.15, -0.1) is 5.10 Å². The lowest BCUT2D eigenvalue weighted by molar-refractivity contribution is -0.207. The summed E-state index contributed by atoms with van der Waals surface area (Å²) in [6.07, 6.45) is -12.9. The molecule has 3 amide bonds. The molecule has 5 N–H and O–H groups in total. The second kappa shape index (κ2) is 12.0. The number of halogens is 7. The Balaban J connectivity index is 1.96. The van der Waals surface area contributed by atoms with Crippen molar-refractivity contribution in [3.8, 4) is 11.4 Å². The van der Waals surface area contributed by atoms with E-state index in [0.717, 1.165) is 18.2 Å². The quantitative estimate of drug-likeness (QED) is 0.282. The van der Waals surface area contributed by atoms with Crippen molar-refractivity contribution in [2.45, 2.75) is 37.6 Å². The lowest BCUT2D eigenvalue weighted by Gasteiger charge is -2.23. The van der Waals surface area contributed by atoms with Gasteiger partial charge in [-0.05, 0) is 35.9 Å². The predicted octanol–water partition coefficient (Wildman–Crippen LogP) is 2.83. The number of hydrogen-bond acceptors (Lipinski definition) is 5. The van der Waals surface area contributed by atoms with Gasteiger partial charge in [0.1, 0.15) is 6.54 Å². The molecule has 0 saturated heterocycles. The molecule has 0 spiro atoms. The van der Waals surface area contributed by atoms with Crippen LogP contribution in [0, 0.1) is 0 Å². The van der Waals surface area contributed by atoms with Gasteiger partial charge in [0.2, 0.25) is 5.91 Å². The van der Waals surface area contributed by atoms with Crippen molar-refractivity contribution in [3.63, 3.8) is 0 Å². The number of rotatable bonds is 9. The van der Waals surface area contributed by atoms with Crippen LogP contribution >= 0.6 is 11.6 Å². The average Bonchev–Trinajstić information content (AvgIpc) is 3.15. The lowest BCUT2D eigenvalue weighted by Crippen LogP contribution is -2.42. The zero-order chi connectivity index (χ0) is 29.8. The number of aliphatic hydroxyl groups excluding tert-OH is 1. The Hall–Kier alpha value is -4.05. The van der Waals surface area contributed by atoms with E-state index in [4.69, 9.17) is 17.3 Å². The van der Waals surface area contributed by atoms with Crippen LogP contribution in [0.1, 0.15) is 17.2 Å². The topological polar surface area (TPSA) is 144 Å². The molecule has 0 aliphatic carbocycles. The first-order chi connectivity index (χ1) is 18.6. The predicted molar refractivity (Wildman–Crippen MR) is 129 cm³/mol. The summed E-state index contributed by atoms with van der Waals surface area (Å²) >= 11 is 5.83. The van der Waals surface area contributed by atoms with Gasteiger partial charge in [0.15, 0.2) is 11.9 Å². The molecule has 17 heteroatoms. The van der Waals surface area contributed by atoms with Crippen LogP contribution in [0.3, 0.4) is 0 Å². The van der Waals surface area contributed by atoms with Gasteiger partial charge >= 0.3 is 24.1 Å². The smallest absolute Gasteiger partial charge is 0.382 e. The second-order valence-electron chi connectivity index (χ2n) is 8.39. The molecule has 0 saturated carbocycles. The van der Waals surface area contributed by atoms with E-state index in [9.17, 15) is 45.8 Å². The van der Waals surface area contributed by atoms with Gasteiger partial charge in [-0.1, -0.05) is 29.8 Å². The average molecular weight is 595 g/mol. The highest BCUT2D eigenvalue weighted by atomic mass is 35.5. The summed E-state index contributed by atoms with van der Waals surface area (Å²) in [5.74, 6) is -1.41. The van der Waals surface area contributed by atoms with E-state index in [0.29, 0.717) is 9.25 Å². The first-order valence-electron chi connectivity index (χ1n) is 11.2. The van der Waals surface area contributed by atoms with E-state index in [1.807, 2.05) is 0 Å². The summed E-state index contributed by atoms with van der Waals surface area (Å²) in [6.45, 7) is -2.76. The minimum absolute atomic E-state index is 0.123. The van der Waals surface area contributed by atoms with Crippen LogP contribution in [0.4, 0.5) is 31.1 Å². The summed E-state index contributed by atoms with van der Waals surface area (Å²) in [7, 11) is 0. The number of nitrogens with two attached hydrogens (primary N) is 1. The van der Waals surface area contributed by atoms with Gasteiger partial charge in [-0.3, -0.25) is 9.36 Å². The highest BCUT2D eigenvalue weighted by molar-refractivity contribution is 6.30. The summed E-state index contributed by atoms with van der Waals surface area (Å²) in [4.78, 5) is 37.0. The minimum Gasteiger partial charge on any atom is -0.382 e. The van der Waals surface area contributed by atoms with Gasteiger partial charge in [0, 0.05) is 17.1 Å². The zero-order valence-corrected chi connectivity index (χ0v) is 20.9. The molecule has 10 nitrogen and oxygen atoms in total. The molecule has 2 aromatic carbocycles. The number of amides is 3. The van der Waals surface area contributed by atoms with Crippen molar-refractivity contribution in [2.75, 3.05) is 6.54 Å². The highest BCUT2D eigenvalue weighted by Gasteiger charge is 2.39. The summed E-state index contributed by atoms with van der Waals surface area (Å²) in [6, 6.07) is 7.06. The standard InChI is InChI=1S/C23H21ClF6N6O4/c24-13-7-5-12(6-8-13)19-34-36(21(40)35(19)10-17(37)23(28,29)30)11-18(38)33-16(9-32-20(31)39)14-3-1-2-4-15(14)22(25,26)27/h1-8,16-17,37H,9-11H2,(H,33,38)(H3,31,32,39)/t16?,17-/m0/s1. The maximum atomic E-state index is 13.6. The number of nitrogens with one attached hydrogen (secondary N) is 2. The van der Waals surface area contributed by atoms with Crippen LogP contribution in [0.15, 0.2) is 53.3 Å². The van der Waals surface area contributed by atoms with Gasteiger partial charge in [-0.25, -0.2) is 14.3 Å². The molecular weight excluding hydrogens is 574 g/mol. The number of alkyl halides is 6. The molecule has 2 atom stereocenters. The third-order valence-corrected chi connectivity index (χ3v) is 5.76. The molecule has 0 fully saturated rings. The van der Waals surface area contributed by atoms with Gasteiger partial charge < -0.3 is 21.5 Å². The van der Waals surface area contributed by atoms with Crippen LogP contribution in [-0.2, 0) is 24.1 Å². The molecule has 0 aliphatic heterocycles. The Morgan fingerprint density at radius 3 is 2.25 bits per heavy atom. The van der Waals surface area contributed by atoms with Gasteiger partial charge in [0.05, 0.1) is 18.2 Å². The first-order valence-corrected chi connectivity index (χ1v) is 11.6. The third-order valence-electron chi connectivity index (χ3n) is 5.51. The second-order valence-corrected chi connectivity index (χ2v) is 8.83. The number of carbonyl (C=O) groups excluding carboxylic acids is 2. The van der Waals surface area contributed by atoms with Crippen molar-refractivity contribution >= 4 is 23.5 Å². The summed E-state index contributed by atoms with van der Waals surface area (Å²) in [5, 5.41) is 18.1. The Kier molecular flexibility index (Phi) is 9.14. The number of carbonyl (C=O) groups is 2. The van der Waals surface area contributed by atoms with E-state index >= 15 is 0 Å². The number of urea groups is 1. The van der Waals surface area contributed by atoms with Crippen LogP contribution < -0.4 is 22.1 Å². The molecule has 3 aromatic rings. The SMILES string of the molecule is NC(=O)NCC(NC(=O)Cn1nc(-c2ccc(Cl)cc2)n(C[C@H](O)C(F)(F)F)c1=O)c1ccccc1C(F)(F)F. The molecule has 1 unspecified atom stereocenters. The van der Waals surface area contributed by atoms with Gasteiger partial charge in [-0.2, -0.15) is 26.3 Å². The fourth-order valence-corrected chi connectivity index (χ4v) is 3.80.